The molecule has 2 aromatic heterocycles. The molecule has 1 N–H and O–H groups in total. The summed E-state index contributed by atoms with van der Waals surface area (Å²) in [4.78, 5) is 8.79. The van der Waals surface area contributed by atoms with Crippen molar-refractivity contribution in [2.24, 2.45) is 0 Å². The number of pyridine rings is 1. The van der Waals surface area contributed by atoms with Crippen molar-refractivity contribution in [2.45, 2.75) is 32.9 Å². The van der Waals surface area contributed by atoms with E-state index in [1.54, 1.807) is 6.20 Å². The third-order valence-corrected chi connectivity index (χ3v) is 3.62. The average molecular weight is 281 g/mol. The van der Waals surface area contributed by atoms with Crippen molar-refractivity contribution >= 4 is 10.9 Å². The molecule has 21 heavy (non-hydrogen) atoms. The fourth-order valence-electron chi connectivity index (χ4n) is 2.56. The van der Waals surface area contributed by atoms with Gasteiger partial charge in [-0.1, -0.05) is 19.1 Å². The number of benzene rings is 1. The lowest BCUT2D eigenvalue weighted by Gasteiger charge is -2.14. The molecular formula is C17H19N3O. The molecule has 0 fully saturated rings. The predicted octanol–water partition coefficient (Wildman–Crippen LogP) is 3.23. The largest absolute Gasteiger partial charge is 0.380 e. The van der Waals surface area contributed by atoms with Crippen LogP contribution in [0.15, 0.2) is 42.7 Å². The Kier molecular flexibility index (Phi) is 3.71. The molecule has 2 heterocycles. The van der Waals surface area contributed by atoms with Gasteiger partial charge in [0.1, 0.15) is 11.9 Å². The van der Waals surface area contributed by atoms with Crippen LogP contribution < -0.4 is 0 Å². The number of aryl methyl sites for hydroxylation is 2. The average Bonchev–Trinajstić information content (AvgIpc) is 2.94. The van der Waals surface area contributed by atoms with Crippen LogP contribution in [0.1, 0.15) is 36.5 Å². The summed E-state index contributed by atoms with van der Waals surface area (Å²) in [5.74, 6) is 0.691. The zero-order chi connectivity index (χ0) is 14.8. The fourth-order valence-corrected chi connectivity index (χ4v) is 2.56. The van der Waals surface area contributed by atoms with E-state index in [9.17, 15) is 5.11 Å². The molecule has 0 aliphatic carbocycles. The number of nitrogens with zero attached hydrogens (tertiary/aromatic N) is 3. The molecule has 1 atom stereocenters. The Morgan fingerprint density at radius 2 is 2.10 bits per heavy atom. The number of hydrogen-bond acceptors (Lipinski definition) is 3. The molecule has 0 radical (unpaired) electrons. The number of aliphatic hydroxyl groups is 1. The minimum absolute atomic E-state index is 0.691. The lowest BCUT2D eigenvalue weighted by Crippen LogP contribution is -2.09. The van der Waals surface area contributed by atoms with E-state index >= 15 is 0 Å². The Morgan fingerprint density at radius 1 is 1.24 bits per heavy atom. The maximum Gasteiger partial charge on any atom is 0.142 e. The van der Waals surface area contributed by atoms with E-state index in [-0.39, 0.29) is 0 Å². The molecule has 1 aromatic carbocycles. The summed E-state index contributed by atoms with van der Waals surface area (Å²) >= 11 is 0. The molecule has 0 amide bonds. The first-order valence-electron chi connectivity index (χ1n) is 7.25. The second-order valence-electron chi connectivity index (χ2n) is 5.29. The van der Waals surface area contributed by atoms with Gasteiger partial charge in [-0.25, -0.2) is 4.98 Å². The first kappa shape index (κ1) is 13.8. The van der Waals surface area contributed by atoms with Crippen LogP contribution in [0.2, 0.25) is 0 Å². The van der Waals surface area contributed by atoms with Crippen molar-refractivity contribution in [3.8, 4) is 0 Å². The smallest absolute Gasteiger partial charge is 0.142 e. The van der Waals surface area contributed by atoms with Crippen molar-refractivity contribution in [3.63, 3.8) is 0 Å². The van der Waals surface area contributed by atoms with E-state index in [1.165, 1.54) is 0 Å². The monoisotopic (exact) mass is 281 g/mol. The van der Waals surface area contributed by atoms with Crippen molar-refractivity contribution in [1.29, 1.82) is 0 Å². The van der Waals surface area contributed by atoms with Gasteiger partial charge in [-0.05, 0) is 37.1 Å². The normalized spacial score (nSPS) is 12.7. The molecule has 0 bridgehead atoms. The summed E-state index contributed by atoms with van der Waals surface area (Å²) in [5, 5.41) is 11.6. The van der Waals surface area contributed by atoms with E-state index in [1.807, 2.05) is 48.0 Å². The summed E-state index contributed by atoms with van der Waals surface area (Å²) in [5.41, 5.74) is 2.79. The second kappa shape index (κ2) is 5.66. The zero-order valence-corrected chi connectivity index (χ0v) is 12.3. The van der Waals surface area contributed by atoms with Crippen molar-refractivity contribution in [3.05, 3.63) is 59.8 Å². The maximum absolute atomic E-state index is 10.6. The zero-order valence-electron chi connectivity index (χ0n) is 12.3. The Morgan fingerprint density at radius 3 is 2.90 bits per heavy atom. The van der Waals surface area contributed by atoms with Gasteiger partial charge >= 0.3 is 0 Å². The molecule has 0 aliphatic rings. The topological polar surface area (TPSA) is 50.9 Å². The van der Waals surface area contributed by atoms with E-state index in [0.717, 1.165) is 35.1 Å². The van der Waals surface area contributed by atoms with E-state index in [0.29, 0.717) is 5.82 Å². The summed E-state index contributed by atoms with van der Waals surface area (Å²) in [6.45, 7) is 4.95. The van der Waals surface area contributed by atoms with Gasteiger partial charge in [0.15, 0.2) is 0 Å². The van der Waals surface area contributed by atoms with Gasteiger partial charge in [0.25, 0.3) is 0 Å². The Hall–Kier alpha value is -2.20. The lowest BCUT2D eigenvalue weighted by atomic mass is 10.1. The van der Waals surface area contributed by atoms with Crippen molar-refractivity contribution in [2.75, 3.05) is 0 Å². The molecule has 4 heteroatoms. The van der Waals surface area contributed by atoms with Gasteiger partial charge < -0.3 is 9.67 Å². The van der Waals surface area contributed by atoms with Crippen LogP contribution in [0.4, 0.5) is 0 Å². The van der Waals surface area contributed by atoms with Crippen LogP contribution >= 0.6 is 0 Å². The molecule has 0 aliphatic heterocycles. The highest BCUT2D eigenvalue weighted by Gasteiger charge is 2.16. The highest BCUT2D eigenvalue weighted by Crippen LogP contribution is 2.24. The summed E-state index contributed by atoms with van der Waals surface area (Å²) < 4.78 is 2.00. The quantitative estimate of drug-likeness (QED) is 0.798. The number of rotatable bonds is 4. The minimum atomic E-state index is -0.711. The van der Waals surface area contributed by atoms with Crippen LogP contribution in [0.25, 0.3) is 10.9 Å². The van der Waals surface area contributed by atoms with Crippen LogP contribution in [0, 0.1) is 6.92 Å². The molecule has 0 spiro atoms. The van der Waals surface area contributed by atoms with E-state index in [4.69, 9.17) is 0 Å². The fraction of sp³-hybridized carbons (Fsp3) is 0.294. The lowest BCUT2D eigenvalue weighted by molar-refractivity contribution is 0.204. The van der Waals surface area contributed by atoms with Gasteiger partial charge in [-0.3, -0.25) is 4.98 Å². The summed E-state index contributed by atoms with van der Waals surface area (Å²) in [6, 6.07) is 9.87. The SMILES string of the molecule is CCCn1ccnc1C(O)c1ccc2nc(C)ccc2c1. The molecule has 108 valence electrons. The van der Waals surface area contributed by atoms with Gasteiger partial charge in [0.05, 0.1) is 5.52 Å². The summed E-state index contributed by atoms with van der Waals surface area (Å²) in [7, 11) is 0. The van der Waals surface area contributed by atoms with Crippen LogP contribution in [0.5, 0.6) is 0 Å². The molecular weight excluding hydrogens is 262 g/mol. The summed E-state index contributed by atoms with van der Waals surface area (Å²) in [6.07, 6.45) is 3.95. The Labute approximate surface area is 124 Å². The van der Waals surface area contributed by atoms with Crippen LogP contribution in [-0.4, -0.2) is 19.6 Å². The third kappa shape index (κ3) is 2.67. The van der Waals surface area contributed by atoms with Crippen molar-refractivity contribution in [1.82, 2.24) is 14.5 Å². The minimum Gasteiger partial charge on any atom is -0.380 e. The number of imidazole rings is 1. The number of aromatic nitrogens is 3. The first-order chi connectivity index (χ1) is 10.2. The highest BCUT2D eigenvalue weighted by atomic mass is 16.3. The van der Waals surface area contributed by atoms with E-state index in [2.05, 4.69) is 16.9 Å². The van der Waals surface area contributed by atoms with Gasteiger partial charge in [0.2, 0.25) is 0 Å². The molecule has 3 rings (SSSR count). The van der Waals surface area contributed by atoms with Gasteiger partial charge in [-0.2, -0.15) is 0 Å². The predicted molar refractivity (Wildman–Crippen MR) is 83.1 cm³/mol. The van der Waals surface area contributed by atoms with Crippen molar-refractivity contribution < 1.29 is 5.11 Å². The number of hydrogen-bond donors (Lipinski definition) is 1. The van der Waals surface area contributed by atoms with Gasteiger partial charge in [0, 0.05) is 30.0 Å². The third-order valence-electron chi connectivity index (χ3n) is 3.62. The highest BCUT2D eigenvalue weighted by molar-refractivity contribution is 5.79. The molecule has 0 saturated carbocycles. The second-order valence-corrected chi connectivity index (χ2v) is 5.29. The van der Waals surface area contributed by atoms with Crippen LogP contribution in [0.3, 0.4) is 0 Å². The number of aliphatic hydroxyl groups excluding tert-OH is 1. The molecule has 0 saturated heterocycles. The van der Waals surface area contributed by atoms with E-state index < -0.39 is 6.10 Å². The van der Waals surface area contributed by atoms with Crippen LogP contribution in [-0.2, 0) is 6.54 Å². The maximum atomic E-state index is 10.6. The first-order valence-corrected chi connectivity index (χ1v) is 7.25. The molecule has 1 unspecified atom stereocenters. The Balaban J connectivity index is 1.99. The number of fused-ring (bicyclic) bond motifs is 1. The molecule has 3 aromatic rings. The standard InChI is InChI=1S/C17H19N3O/c1-3-9-20-10-8-18-17(20)16(21)14-6-7-15-13(11-14)5-4-12(2)19-15/h4-8,10-11,16,21H,3,9H2,1-2H3. The molecule has 4 nitrogen and oxygen atoms in total. The van der Waals surface area contributed by atoms with Gasteiger partial charge in [-0.15, -0.1) is 0 Å². The Bertz CT molecular complexity index is 764.